The third kappa shape index (κ3) is 2.39. The number of hydrogen-bond acceptors (Lipinski definition) is 6. The molecule has 7 bridgehead atoms. The van der Waals surface area contributed by atoms with E-state index in [2.05, 4.69) is 25.3 Å². The van der Waals surface area contributed by atoms with E-state index in [0.29, 0.717) is 31.1 Å². The van der Waals surface area contributed by atoms with Crippen LogP contribution in [0.2, 0.25) is 0 Å². The van der Waals surface area contributed by atoms with Crippen molar-refractivity contribution < 1.29 is 23.9 Å². The van der Waals surface area contributed by atoms with Gasteiger partial charge in [0.2, 0.25) is 0 Å². The molecule has 0 aromatic heterocycles. The van der Waals surface area contributed by atoms with Gasteiger partial charge in [0.1, 0.15) is 18.0 Å². The van der Waals surface area contributed by atoms with Crippen LogP contribution in [0, 0.1) is 39.9 Å². The lowest BCUT2D eigenvalue weighted by molar-refractivity contribution is -0.225. The van der Waals surface area contributed by atoms with Crippen LogP contribution in [-0.2, 0) is 23.9 Å². The first-order valence-corrected chi connectivity index (χ1v) is 13.5. The number of piperidine rings is 1. The summed E-state index contributed by atoms with van der Waals surface area (Å²) in [7, 11) is 0. The van der Waals surface area contributed by atoms with E-state index in [0.717, 1.165) is 44.3 Å². The molecule has 6 nitrogen and oxygen atoms in total. The van der Waals surface area contributed by atoms with Crippen molar-refractivity contribution in [2.75, 3.05) is 13.1 Å². The van der Waals surface area contributed by atoms with Gasteiger partial charge in [0.25, 0.3) is 0 Å². The van der Waals surface area contributed by atoms with E-state index in [-0.39, 0.29) is 57.9 Å². The highest BCUT2D eigenvalue weighted by molar-refractivity contribution is 5.87. The van der Waals surface area contributed by atoms with Crippen LogP contribution < -0.4 is 0 Å². The number of rotatable bonds is 5. The third-order valence-corrected chi connectivity index (χ3v) is 11.4. The van der Waals surface area contributed by atoms with Crippen molar-refractivity contribution in [2.24, 2.45) is 39.9 Å². The minimum atomic E-state index is -0.401. The average molecular weight is 470 g/mol. The fraction of sp³-hybridized carbons (Fsp3) is 0.821. The molecule has 0 aromatic rings. The Labute approximate surface area is 202 Å². The van der Waals surface area contributed by atoms with Crippen molar-refractivity contribution in [2.45, 2.75) is 90.9 Å². The molecule has 1 aliphatic heterocycles. The van der Waals surface area contributed by atoms with Gasteiger partial charge in [0.05, 0.1) is 0 Å². The second kappa shape index (κ2) is 7.18. The normalized spacial score (nSPS) is 50.3. The first-order valence-electron chi connectivity index (χ1n) is 13.5. The van der Waals surface area contributed by atoms with Gasteiger partial charge in [-0.15, -0.1) is 0 Å². The second-order valence-corrected chi connectivity index (χ2v) is 12.3. The van der Waals surface area contributed by atoms with Crippen LogP contribution >= 0.6 is 0 Å². The molecule has 34 heavy (non-hydrogen) atoms. The molecule has 5 aliphatic carbocycles. The topological polar surface area (TPSA) is 72.9 Å². The van der Waals surface area contributed by atoms with Crippen molar-refractivity contribution >= 4 is 17.7 Å². The zero-order valence-electron chi connectivity index (χ0n) is 21.1. The predicted molar refractivity (Wildman–Crippen MR) is 126 cm³/mol. The van der Waals surface area contributed by atoms with Crippen LogP contribution in [0.1, 0.15) is 72.6 Å². The third-order valence-electron chi connectivity index (χ3n) is 11.4. The van der Waals surface area contributed by atoms with Crippen LogP contribution in [0.5, 0.6) is 0 Å². The van der Waals surface area contributed by atoms with E-state index >= 15 is 0 Å². The smallest absolute Gasteiger partial charge is 0.306 e. The molecular weight excluding hydrogens is 430 g/mol. The highest BCUT2D eigenvalue weighted by Gasteiger charge is 2.86. The van der Waals surface area contributed by atoms with Gasteiger partial charge in [-0.1, -0.05) is 34.3 Å². The Hall–Kier alpha value is -1.69. The van der Waals surface area contributed by atoms with E-state index in [1.165, 1.54) is 0 Å². The van der Waals surface area contributed by atoms with Crippen molar-refractivity contribution in [3.63, 3.8) is 0 Å². The molecule has 6 fully saturated rings. The molecule has 0 unspecified atom stereocenters. The molecule has 6 rings (SSSR count). The molecule has 2 spiro atoms. The zero-order chi connectivity index (χ0) is 24.2. The Bertz CT molecular complexity index is 976. The molecule has 10 atom stereocenters. The van der Waals surface area contributed by atoms with Crippen LogP contribution in [0.4, 0.5) is 0 Å². The van der Waals surface area contributed by atoms with Crippen molar-refractivity contribution in [1.82, 2.24) is 4.90 Å². The van der Waals surface area contributed by atoms with Gasteiger partial charge in [0, 0.05) is 48.6 Å². The maximum atomic E-state index is 13.5. The van der Waals surface area contributed by atoms with Crippen LogP contribution in [-0.4, -0.2) is 54.0 Å². The lowest BCUT2D eigenvalue weighted by Crippen LogP contribution is -2.69. The van der Waals surface area contributed by atoms with Crippen molar-refractivity contribution in [3.8, 4) is 0 Å². The number of ketones is 1. The van der Waals surface area contributed by atoms with Gasteiger partial charge in [-0.2, -0.15) is 0 Å². The lowest BCUT2D eigenvalue weighted by atomic mass is 9.43. The summed E-state index contributed by atoms with van der Waals surface area (Å²) in [6.45, 7) is 14.7. The molecule has 6 heteroatoms. The number of likely N-dealkylation sites (tertiary alicyclic amines) is 1. The number of Topliss-reactive ketones (excluding diaryl/α,β-unsaturated/α-hetero) is 1. The van der Waals surface area contributed by atoms with Crippen LogP contribution in [0.3, 0.4) is 0 Å². The number of hydrogen-bond donors (Lipinski definition) is 0. The van der Waals surface area contributed by atoms with Gasteiger partial charge in [-0.25, -0.2) is 0 Å². The molecular formula is C28H39NO5. The maximum absolute atomic E-state index is 13.5. The Balaban J connectivity index is 1.56. The van der Waals surface area contributed by atoms with E-state index in [1.807, 2.05) is 13.8 Å². The Kier molecular flexibility index (Phi) is 4.80. The number of fused-ring (bicyclic) bond motifs is 1. The SMILES string of the molecule is C=C1[C@H]2C[C@@]3([C@@H]1OC(=O)CC)[C@@H](CC2=O)[C@@]12[C@@H](OC(=O)CC)CC[C@@]4(C)CN(CC)[C@H]1[C@@H]3C[C@H]42. The summed E-state index contributed by atoms with van der Waals surface area (Å²) < 4.78 is 12.5. The van der Waals surface area contributed by atoms with Crippen molar-refractivity contribution in [1.29, 1.82) is 0 Å². The van der Waals surface area contributed by atoms with Crippen molar-refractivity contribution in [3.05, 3.63) is 12.2 Å². The maximum Gasteiger partial charge on any atom is 0.306 e. The molecule has 0 aromatic carbocycles. The van der Waals surface area contributed by atoms with Crippen LogP contribution in [0.15, 0.2) is 12.2 Å². The predicted octanol–water partition coefficient (Wildman–Crippen LogP) is 3.92. The molecule has 0 radical (unpaired) electrons. The number of ether oxygens (including phenoxy) is 2. The molecule has 5 saturated carbocycles. The average Bonchev–Trinajstić information content (AvgIpc) is 3.34. The summed E-state index contributed by atoms with van der Waals surface area (Å²) in [6.07, 6.45) is 4.34. The monoisotopic (exact) mass is 469 g/mol. The largest absolute Gasteiger partial charge is 0.462 e. The Morgan fingerprint density at radius 1 is 1.12 bits per heavy atom. The minimum Gasteiger partial charge on any atom is -0.462 e. The van der Waals surface area contributed by atoms with E-state index in [4.69, 9.17) is 9.47 Å². The van der Waals surface area contributed by atoms with Gasteiger partial charge >= 0.3 is 11.9 Å². The zero-order valence-corrected chi connectivity index (χ0v) is 21.1. The molecule has 186 valence electrons. The fourth-order valence-electron chi connectivity index (χ4n) is 10.5. The summed E-state index contributed by atoms with van der Waals surface area (Å²) in [6, 6.07) is 0.260. The molecule has 6 aliphatic rings. The highest BCUT2D eigenvalue weighted by Crippen LogP contribution is 2.83. The summed E-state index contributed by atoms with van der Waals surface area (Å²) in [5, 5.41) is 0. The molecule has 1 saturated heterocycles. The van der Waals surface area contributed by atoms with Gasteiger partial charge < -0.3 is 9.47 Å². The van der Waals surface area contributed by atoms with Gasteiger partial charge in [-0.05, 0) is 61.0 Å². The molecule has 0 amide bonds. The minimum absolute atomic E-state index is 0.0648. The molecule has 0 N–H and O–H groups in total. The van der Waals surface area contributed by atoms with Crippen LogP contribution in [0.25, 0.3) is 0 Å². The Morgan fingerprint density at radius 3 is 2.50 bits per heavy atom. The number of esters is 2. The number of carbonyl (C=O) groups excluding carboxylic acids is 3. The Morgan fingerprint density at radius 2 is 1.82 bits per heavy atom. The highest BCUT2D eigenvalue weighted by atomic mass is 16.6. The lowest BCUT2D eigenvalue weighted by Gasteiger charge is -2.65. The van der Waals surface area contributed by atoms with E-state index in [1.54, 1.807) is 0 Å². The van der Waals surface area contributed by atoms with E-state index < -0.39 is 6.10 Å². The summed E-state index contributed by atoms with van der Waals surface area (Å²) in [5.74, 6) is 0.512. The van der Waals surface area contributed by atoms with Gasteiger partial charge in [-0.3, -0.25) is 19.3 Å². The van der Waals surface area contributed by atoms with Gasteiger partial charge in [0.15, 0.2) is 0 Å². The standard InChI is InChI=1S/C28H39NO5/c1-6-22(31)33-21-9-10-26(5)14-29(8-3)24-17-11-19(26)28(21,24)20-12-18(30)16-13-27(17,20)25(15(16)4)34-23(32)7-2/h16-17,19-21,24-25H,4,6-14H2,1-3,5H3/t16-,17+,19-,20-,21+,24+,25-,26+,27+,28+/m1/s1. The molecule has 1 heterocycles. The fourth-order valence-corrected chi connectivity index (χ4v) is 10.5. The number of nitrogens with zero attached hydrogens (tertiary/aromatic N) is 1. The summed E-state index contributed by atoms with van der Waals surface area (Å²) in [4.78, 5) is 41.5. The number of carbonyl (C=O) groups is 3. The summed E-state index contributed by atoms with van der Waals surface area (Å²) >= 11 is 0. The summed E-state index contributed by atoms with van der Waals surface area (Å²) in [5.41, 5.74) is 0.452. The van der Waals surface area contributed by atoms with E-state index in [9.17, 15) is 14.4 Å². The first kappa shape index (κ1) is 22.8. The second-order valence-electron chi connectivity index (χ2n) is 12.3. The quantitative estimate of drug-likeness (QED) is 0.449. The first-order chi connectivity index (χ1) is 16.2.